The molecule has 0 radical (unpaired) electrons. The Bertz CT molecular complexity index is 1940. The van der Waals surface area contributed by atoms with Gasteiger partial charge in [-0.05, 0) is 126 Å². The fraction of sp³-hybridized carbons (Fsp3) is 0.385. The fourth-order valence-electron chi connectivity index (χ4n) is 4.71. The van der Waals surface area contributed by atoms with E-state index in [1.165, 1.54) is 47.1 Å². The van der Waals surface area contributed by atoms with Gasteiger partial charge < -0.3 is 27.7 Å². The lowest BCUT2D eigenvalue weighted by molar-refractivity contribution is 0.0549. The first-order valence-electron chi connectivity index (χ1n) is 18.0. The van der Waals surface area contributed by atoms with Gasteiger partial charge in [-0.3, -0.25) is 9.05 Å². The van der Waals surface area contributed by atoms with E-state index in [0.717, 1.165) is 37.2 Å². The van der Waals surface area contributed by atoms with Crippen LogP contribution in [-0.2, 0) is 36.1 Å². The van der Waals surface area contributed by atoms with E-state index in [4.69, 9.17) is 60.0 Å². The Labute approximate surface area is 343 Å². The van der Waals surface area contributed by atoms with Crippen molar-refractivity contribution in [3.63, 3.8) is 0 Å². The first-order chi connectivity index (χ1) is 27.2. The van der Waals surface area contributed by atoms with E-state index < -0.39 is 27.4 Å². The number of alkyl halides is 2. The summed E-state index contributed by atoms with van der Waals surface area (Å²) in [6.45, 7) is 8.18. The zero-order valence-electron chi connectivity index (χ0n) is 32.5. The van der Waals surface area contributed by atoms with Crippen molar-refractivity contribution < 1.29 is 55.5 Å². The SMILES string of the molecule is C=CCOC(=O)c1ccc(OP(=O)(OCc2ccc(C)o2)N(C)CCCCCl)cc1.Cc1ccc(COP(=O)(Oc2ccc(C(=O)O)cc2)N(C)CCCCCl)o1. The van der Waals surface area contributed by atoms with Gasteiger partial charge in [0.15, 0.2) is 0 Å². The number of ether oxygens (including phenoxy) is 1. The molecule has 0 saturated heterocycles. The molecule has 2 aromatic carbocycles. The van der Waals surface area contributed by atoms with Crippen molar-refractivity contribution in [1.82, 2.24) is 9.34 Å². The number of hydrogen-bond acceptors (Lipinski definition) is 11. The normalized spacial score (nSPS) is 13.3. The van der Waals surface area contributed by atoms with Crippen molar-refractivity contribution in [3.05, 3.63) is 120 Å². The molecule has 14 nitrogen and oxygen atoms in total. The number of furan rings is 2. The molecular weight excluding hydrogens is 821 g/mol. The van der Waals surface area contributed by atoms with Crippen LogP contribution in [0.25, 0.3) is 0 Å². The highest BCUT2D eigenvalue weighted by Gasteiger charge is 2.34. The van der Waals surface area contributed by atoms with Crippen LogP contribution in [0.3, 0.4) is 0 Å². The van der Waals surface area contributed by atoms with E-state index in [1.54, 1.807) is 55.2 Å². The number of carboxylic acids is 1. The maximum absolute atomic E-state index is 13.5. The number of nitrogens with zero attached hydrogens (tertiary/aromatic N) is 2. The minimum absolute atomic E-state index is 0.00305. The Hall–Kier alpha value is -3.84. The summed E-state index contributed by atoms with van der Waals surface area (Å²) in [4.78, 5) is 22.9. The number of unbranched alkanes of at least 4 members (excludes halogenated alkanes) is 2. The minimum Gasteiger partial charge on any atom is -0.478 e. The van der Waals surface area contributed by atoms with Gasteiger partial charge >= 0.3 is 27.4 Å². The quantitative estimate of drug-likeness (QED) is 0.0232. The van der Waals surface area contributed by atoms with Crippen LogP contribution in [0.5, 0.6) is 11.5 Å². The number of carbonyl (C=O) groups is 2. The third kappa shape index (κ3) is 16.1. The van der Waals surface area contributed by atoms with Crippen LogP contribution >= 0.6 is 38.7 Å². The molecule has 4 rings (SSSR count). The second-order valence-electron chi connectivity index (χ2n) is 12.5. The smallest absolute Gasteiger partial charge is 0.461 e. The first kappa shape index (κ1) is 47.5. The lowest BCUT2D eigenvalue weighted by Gasteiger charge is -2.27. The topological polar surface area (TPSA) is 167 Å². The standard InChI is InChI=1S/C21H27ClNO6P.C18H23ClNO6P/c1-4-15-26-21(24)18-8-11-19(12-9-18)29-30(25,23(3)14-6-5-13-22)27-16-20-10-7-17(2)28-20;1-14-5-8-17(25-14)13-24-27(23,20(2)12-4-3-11-19)26-16-9-6-15(7-10-16)18(21)22/h4,7-12H,1,5-6,13-16H2,2-3H3;5-10H,3-4,11-13H2,1-2H3,(H,21,22). The average molecular weight is 872 g/mol. The third-order valence-corrected chi connectivity index (χ3v) is 12.3. The molecule has 0 fully saturated rings. The number of rotatable bonds is 24. The molecule has 0 aliphatic heterocycles. The average Bonchev–Trinajstić information content (AvgIpc) is 3.82. The highest BCUT2D eigenvalue weighted by atomic mass is 35.5. The summed E-state index contributed by atoms with van der Waals surface area (Å²) in [7, 11) is -4.05. The van der Waals surface area contributed by atoms with Gasteiger partial charge in [0, 0.05) is 24.8 Å². The monoisotopic (exact) mass is 870 g/mol. The van der Waals surface area contributed by atoms with E-state index in [1.807, 2.05) is 13.8 Å². The highest BCUT2D eigenvalue weighted by Crippen LogP contribution is 2.53. The molecule has 0 aliphatic rings. The zero-order valence-corrected chi connectivity index (χ0v) is 35.8. The summed E-state index contributed by atoms with van der Waals surface area (Å²) < 4.78 is 68.6. The molecule has 4 aromatic rings. The Balaban J connectivity index is 0.000000307. The molecule has 2 aromatic heterocycles. The number of carbonyl (C=O) groups excluding carboxylic acids is 1. The molecule has 18 heteroatoms. The number of carboxylic acid groups (broad SMARTS) is 1. The molecular formula is C39H50Cl2N2O12P2. The number of benzene rings is 2. The van der Waals surface area contributed by atoms with E-state index >= 15 is 0 Å². The second-order valence-corrected chi connectivity index (χ2v) is 17.4. The van der Waals surface area contributed by atoms with Gasteiger partial charge in [0.1, 0.15) is 54.4 Å². The fourth-order valence-corrected chi connectivity index (χ4v) is 8.00. The van der Waals surface area contributed by atoms with Crippen molar-refractivity contribution in [1.29, 1.82) is 0 Å². The van der Waals surface area contributed by atoms with Gasteiger partial charge in [-0.1, -0.05) is 12.7 Å². The lowest BCUT2D eigenvalue weighted by Crippen LogP contribution is -2.21. The molecule has 0 amide bonds. The van der Waals surface area contributed by atoms with Gasteiger partial charge in [0.25, 0.3) is 0 Å². The Morgan fingerprint density at radius 1 is 0.702 bits per heavy atom. The van der Waals surface area contributed by atoms with Crippen LogP contribution < -0.4 is 9.05 Å². The number of halogens is 2. The number of aryl methyl sites for hydroxylation is 2. The Morgan fingerprint density at radius 2 is 1.12 bits per heavy atom. The molecule has 312 valence electrons. The highest BCUT2D eigenvalue weighted by molar-refractivity contribution is 7.51. The summed E-state index contributed by atoms with van der Waals surface area (Å²) in [5, 5.41) is 8.98. The number of aromatic carboxylic acids is 1. The molecule has 0 spiro atoms. The van der Waals surface area contributed by atoms with Crippen molar-refractivity contribution in [2.45, 2.75) is 52.7 Å². The van der Waals surface area contributed by atoms with Crippen LogP contribution in [0.4, 0.5) is 0 Å². The molecule has 57 heavy (non-hydrogen) atoms. The van der Waals surface area contributed by atoms with Crippen LogP contribution in [-0.4, -0.2) is 71.9 Å². The maximum Gasteiger partial charge on any atom is 0.461 e. The number of hydrogen-bond donors (Lipinski definition) is 1. The van der Waals surface area contributed by atoms with Crippen LogP contribution in [0, 0.1) is 13.8 Å². The van der Waals surface area contributed by atoms with E-state index in [2.05, 4.69) is 6.58 Å². The predicted molar refractivity (Wildman–Crippen MR) is 218 cm³/mol. The van der Waals surface area contributed by atoms with Crippen LogP contribution in [0.2, 0.25) is 0 Å². The van der Waals surface area contributed by atoms with Gasteiger partial charge in [-0.25, -0.2) is 28.1 Å². The summed E-state index contributed by atoms with van der Waals surface area (Å²) in [6.07, 6.45) is 4.52. The van der Waals surface area contributed by atoms with Crippen LogP contribution in [0.15, 0.2) is 94.3 Å². The second kappa shape index (κ2) is 24.2. The Kier molecular flexibility index (Phi) is 20.2. The summed E-state index contributed by atoms with van der Waals surface area (Å²) in [6, 6.07) is 18.9. The maximum atomic E-state index is 13.5. The molecule has 2 atom stereocenters. The molecule has 2 unspecified atom stereocenters. The number of esters is 1. The molecule has 0 bridgehead atoms. The van der Waals surface area contributed by atoms with E-state index in [0.29, 0.717) is 47.7 Å². The van der Waals surface area contributed by atoms with Gasteiger partial charge in [-0.2, -0.15) is 0 Å². The van der Waals surface area contributed by atoms with Crippen molar-refractivity contribution >= 4 is 50.6 Å². The zero-order chi connectivity index (χ0) is 41.8. The van der Waals surface area contributed by atoms with Crippen molar-refractivity contribution in [2.24, 2.45) is 0 Å². The summed E-state index contributed by atoms with van der Waals surface area (Å²) in [5.74, 6) is 2.61. The largest absolute Gasteiger partial charge is 0.478 e. The third-order valence-electron chi connectivity index (χ3n) is 7.86. The van der Waals surface area contributed by atoms with E-state index in [9.17, 15) is 18.7 Å². The lowest BCUT2D eigenvalue weighted by atomic mass is 10.2. The molecule has 2 heterocycles. The van der Waals surface area contributed by atoms with Gasteiger partial charge in [0.05, 0.1) is 11.1 Å². The van der Waals surface area contributed by atoms with Crippen molar-refractivity contribution in [2.75, 3.05) is 45.6 Å². The predicted octanol–water partition coefficient (Wildman–Crippen LogP) is 10.5. The van der Waals surface area contributed by atoms with Crippen molar-refractivity contribution in [3.8, 4) is 11.5 Å². The molecule has 0 aliphatic carbocycles. The minimum atomic E-state index is -3.68. The molecule has 1 N–H and O–H groups in total. The van der Waals surface area contributed by atoms with E-state index in [-0.39, 0.29) is 31.1 Å². The summed E-state index contributed by atoms with van der Waals surface area (Å²) >= 11 is 11.4. The van der Waals surface area contributed by atoms with Gasteiger partial charge in [0.2, 0.25) is 0 Å². The summed E-state index contributed by atoms with van der Waals surface area (Å²) in [5.41, 5.74) is 0.459. The Morgan fingerprint density at radius 3 is 1.47 bits per heavy atom. The first-order valence-corrected chi connectivity index (χ1v) is 22.0. The van der Waals surface area contributed by atoms with Crippen LogP contribution in [0.1, 0.15) is 69.4 Å². The van der Waals surface area contributed by atoms with Gasteiger partial charge in [-0.15, -0.1) is 23.2 Å². The molecule has 0 saturated carbocycles.